The molecule has 0 aromatic carbocycles. The van der Waals surface area contributed by atoms with Crippen LogP contribution >= 0.6 is 11.3 Å². The van der Waals surface area contributed by atoms with Gasteiger partial charge in [0.2, 0.25) is 0 Å². The zero-order chi connectivity index (χ0) is 4.41. The normalized spacial score (nSPS) is 8.67. The summed E-state index contributed by atoms with van der Waals surface area (Å²) in [4.78, 5) is 0. The van der Waals surface area contributed by atoms with Crippen molar-refractivity contribution in [1.82, 2.24) is 0 Å². The third-order valence-corrected chi connectivity index (χ3v) is 0.920. The van der Waals surface area contributed by atoms with E-state index in [1.165, 1.54) is 22.3 Å². The molecule has 0 amide bonds. The van der Waals surface area contributed by atoms with Gasteiger partial charge < -0.3 is 4.42 Å². The van der Waals surface area contributed by atoms with E-state index in [2.05, 4.69) is 4.42 Å². The lowest BCUT2D eigenvalue weighted by molar-refractivity contribution is -0.293. The van der Waals surface area contributed by atoms with Crippen molar-refractivity contribution in [1.29, 1.82) is 0 Å². The summed E-state index contributed by atoms with van der Waals surface area (Å²) in [6.07, 6.45) is 0. The summed E-state index contributed by atoms with van der Waals surface area (Å²) in [7, 11) is 0. The van der Waals surface area contributed by atoms with Crippen molar-refractivity contribution in [2.45, 2.75) is 0 Å². The van der Waals surface area contributed by atoms with Gasteiger partial charge in [-0.1, -0.05) is 0 Å². The average Bonchev–Trinajstić information content (AvgIpc) is 1.86. The van der Waals surface area contributed by atoms with Crippen LogP contribution in [-0.2, 0) is 0 Å². The van der Waals surface area contributed by atoms with E-state index in [0.717, 1.165) is 0 Å². The standard InChI is InChI=1S/C3H2O2S/c4-3-1-6-2-5-3/h1-2H. The molecule has 0 unspecified atom stereocenters. The highest BCUT2D eigenvalue weighted by Crippen LogP contribution is 2.06. The average molecular weight is 102 g/mol. The molecule has 1 aromatic rings. The summed E-state index contributed by atoms with van der Waals surface area (Å²) in [5, 5.41) is 11.3. The maximum Gasteiger partial charge on any atom is 0.346 e. The van der Waals surface area contributed by atoms with Gasteiger partial charge in [0, 0.05) is 0 Å². The van der Waals surface area contributed by atoms with Crippen LogP contribution in [0.4, 0.5) is 0 Å². The van der Waals surface area contributed by atoms with Crippen LogP contribution in [0.15, 0.2) is 15.4 Å². The van der Waals surface area contributed by atoms with Crippen LogP contribution in [-0.4, -0.2) is 0 Å². The maximum absolute atomic E-state index is 9.91. The van der Waals surface area contributed by atoms with Gasteiger partial charge in [-0.25, -0.2) is 5.11 Å². The lowest BCUT2D eigenvalue weighted by Crippen LogP contribution is -1.81. The minimum atomic E-state index is -0.264. The minimum absolute atomic E-state index is 0.264. The first-order valence-electron chi connectivity index (χ1n) is 1.40. The number of hydrogen-bond acceptors (Lipinski definition) is 2. The molecular formula is C3H2O2S. The molecule has 0 fully saturated rings. The Balaban J connectivity index is 3.05. The van der Waals surface area contributed by atoms with E-state index < -0.39 is 0 Å². The van der Waals surface area contributed by atoms with E-state index >= 15 is 0 Å². The van der Waals surface area contributed by atoms with Crippen molar-refractivity contribution in [3.05, 3.63) is 11.0 Å². The fraction of sp³-hybridized carbons (Fsp3) is 0. The molecule has 1 heterocycles. The monoisotopic (exact) mass is 102 g/mol. The molecule has 1 aromatic heterocycles. The second-order valence-corrected chi connectivity index (χ2v) is 1.49. The molecular weight excluding hydrogens is 100 g/mol. The lowest BCUT2D eigenvalue weighted by atomic mass is 11.0. The lowest BCUT2D eigenvalue weighted by Gasteiger charge is -1.61. The number of hydrogen-bond donors (Lipinski definition) is 0. The molecule has 0 aliphatic rings. The first kappa shape index (κ1) is 3.61. The Morgan fingerprint density at radius 2 is 2.67 bits per heavy atom. The molecule has 0 saturated heterocycles. The molecule has 0 saturated carbocycles. The summed E-state index contributed by atoms with van der Waals surface area (Å²) < 4.78 is 4.30. The summed E-state index contributed by atoms with van der Waals surface area (Å²) in [6.45, 7) is 0. The van der Waals surface area contributed by atoms with E-state index in [1.54, 1.807) is 0 Å². The zero-order valence-corrected chi connectivity index (χ0v) is 3.70. The van der Waals surface area contributed by atoms with E-state index in [9.17, 15) is 5.11 Å². The van der Waals surface area contributed by atoms with Crippen LogP contribution in [0.5, 0.6) is 5.95 Å². The van der Waals surface area contributed by atoms with Crippen LogP contribution in [0.2, 0.25) is 0 Å². The van der Waals surface area contributed by atoms with Crippen molar-refractivity contribution in [2.24, 2.45) is 0 Å². The molecule has 0 aliphatic heterocycles. The van der Waals surface area contributed by atoms with Gasteiger partial charge in [-0.05, 0) is 0 Å². The fourth-order valence-electron chi connectivity index (χ4n) is 0.186. The largest absolute Gasteiger partial charge is 0.420 e. The Morgan fingerprint density at radius 1 is 1.83 bits per heavy atom. The molecule has 3 heteroatoms. The van der Waals surface area contributed by atoms with Gasteiger partial charge >= 0.3 is 5.95 Å². The van der Waals surface area contributed by atoms with Gasteiger partial charge in [0.05, 0.1) is 5.38 Å². The van der Waals surface area contributed by atoms with Crippen molar-refractivity contribution >= 4 is 11.3 Å². The molecule has 0 radical (unpaired) electrons. The van der Waals surface area contributed by atoms with E-state index in [-0.39, 0.29) is 5.95 Å². The topological polar surface area (TPSA) is 34.4 Å². The third kappa shape index (κ3) is 0.490. The van der Waals surface area contributed by atoms with Gasteiger partial charge in [-0.2, -0.15) is 0 Å². The predicted octanol–water partition coefficient (Wildman–Crippen LogP) is 0.696. The summed E-state index contributed by atoms with van der Waals surface area (Å²) >= 11 is 1.26. The van der Waals surface area contributed by atoms with Gasteiger partial charge in [-0.15, -0.1) is 11.3 Å². The Labute approximate surface area is 38.7 Å². The Morgan fingerprint density at radius 3 is 2.83 bits per heavy atom. The number of rotatable bonds is 0. The van der Waals surface area contributed by atoms with Crippen LogP contribution in [0, 0.1) is 0 Å². The SMILES string of the molecule is [O-]c1csc[o+]1. The summed E-state index contributed by atoms with van der Waals surface area (Å²) in [5.41, 5.74) is 1.39. The fourth-order valence-corrected chi connectivity index (χ4v) is 0.559. The Kier molecular flexibility index (Phi) is 0.759. The van der Waals surface area contributed by atoms with Gasteiger partial charge in [0.25, 0.3) is 0 Å². The second kappa shape index (κ2) is 1.26. The van der Waals surface area contributed by atoms with E-state index in [0.29, 0.717) is 0 Å². The predicted molar refractivity (Wildman–Crippen MR) is 20.4 cm³/mol. The molecule has 0 bridgehead atoms. The molecule has 0 aliphatic carbocycles. The summed E-state index contributed by atoms with van der Waals surface area (Å²) in [5.74, 6) is -0.264. The highest BCUT2D eigenvalue weighted by atomic mass is 32.1. The molecule has 0 N–H and O–H groups in total. The van der Waals surface area contributed by atoms with Crippen molar-refractivity contribution in [2.75, 3.05) is 0 Å². The van der Waals surface area contributed by atoms with Gasteiger partial charge in [0.15, 0.2) is 0 Å². The molecule has 1 rings (SSSR count). The van der Waals surface area contributed by atoms with Crippen LogP contribution < -0.4 is 5.11 Å². The van der Waals surface area contributed by atoms with Gasteiger partial charge in [-0.3, -0.25) is 0 Å². The zero-order valence-electron chi connectivity index (χ0n) is 2.88. The van der Waals surface area contributed by atoms with Crippen molar-refractivity contribution < 1.29 is 9.52 Å². The summed E-state index contributed by atoms with van der Waals surface area (Å²) in [6, 6.07) is 0. The molecule has 6 heavy (non-hydrogen) atoms. The highest BCUT2D eigenvalue weighted by molar-refractivity contribution is 7.07. The molecule has 32 valence electrons. The van der Waals surface area contributed by atoms with Gasteiger partial charge in [0.1, 0.15) is 5.58 Å². The Hall–Kier alpha value is -0.570. The van der Waals surface area contributed by atoms with E-state index in [1.807, 2.05) is 0 Å². The molecule has 0 spiro atoms. The molecule has 2 nitrogen and oxygen atoms in total. The first-order valence-corrected chi connectivity index (χ1v) is 2.35. The van der Waals surface area contributed by atoms with Crippen LogP contribution in [0.25, 0.3) is 0 Å². The maximum atomic E-state index is 9.91. The van der Waals surface area contributed by atoms with Crippen LogP contribution in [0.3, 0.4) is 0 Å². The highest BCUT2D eigenvalue weighted by Gasteiger charge is 1.84. The smallest absolute Gasteiger partial charge is 0.346 e. The molecule has 0 atom stereocenters. The van der Waals surface area contributed by atoms with Crippen molar-refractivity contribution in [3.63, 3.8) is 0 Å². The minimum Gasteiger partial charge on any atom is -0.420 e. The first-order chi connectivity index (χ1) is 2.89. The second-order valence-electron chi connectivity index (χ2n) is 0.787. The third-order valence-electron chi connectivity index (χ3n) is 0.384. The van der Waals surface area contributed by atoms with Crippen LogP contribution in [0.1, 0.15) is 0 Å². The quantitative estimate of drug-likeness (QED) is 0.452. The van der Waals surface area contributed by atoms with Crippen molar-refractivity contribution in [3.8, 4) is 5.95 Å². The van der Waals surface area contributed by atoms with E-state index in [4.69, 9.17) is 0 Å². The Bertz CT molecular complexity index is 112.